The molecule has 1 unspecified atom stereocenters. The summed E-state index contributed by atoms with van der Waals surface area (Å²) in [5.74, 6) is 0.0591. The lowest BCUT2D eigenvalue weighted by atomic mass is 9.96. The van der Waals surface area contributed by atoms with Crippen molar-refractivity contribution in [2.24, 2.45) is 0 Å². The summed E-state index contributed by atoms with van der Waals surface area (Å²) in [7, 11) is 0. The fourth-order valence-corrected chi connectivity index (χ4v) is 3.35. The summed E-state index contributed by atoms with van der Waals surface area (Å²) in [6.07, 6.45) is 8.22. The van der Waals surface area contributed by atoms with Crippen LogP contribution >= 0.6 is 0 Å². The summed E-state index contributed by atoms with van der Waals surface area (Å²) in [6, 6.07) is 5.59. The quantitative estimate of drug-likeness (QED) is 0.787. The zero-order valence-corrected chi connectivity index (χ0v) is 14.1. The molecule has 0 fully saturated rings. The van der Waals surface area contributed by atoms with E-state index in [1.807, 2.05) is 40.9 Å². The van der Waals surface area contributed by atoms with Gasteiger partial charge < -0.3 is 9.88 Å². The highest BCUT2D eigenvalue weighted by atomic mass is 16.2. The minimum Gasteiger partial charge on any atom is -0.348 e. The van der Waals surface area contributed by atoms with Crippen LogP contribution in [0.3, 0.4) is 0 Å². The average Bonchev–Trinajstić information content (AvgIpc) is 3.30. The van der Waals surface area contributed by atoms with Crippen molar-refractivity contribution in [3.05, 3.63) is 65.8 Å². The van der Waals surface area contributed by atoms with Crippen molar-refractivity contribution >= 4 is 5.91 Å². The number of hydrogen-bond acceptors (Lipinski definition) is 4. The molecule has 1 N–H and O–H groups in total. The third-order valence-electron chi connectivity index (χ3n) is 4.60. The van der Waals surface area contributed by atoms with Gasteiger partial charge in [-0.3, -0.25) is 14.5 Å². The molecule has 3 aromatic rings. The molecule has 0 saturated carbocycles. The standard InChI is InChI=1S/C18H20N6O/c1-2-23-8-5-14(22-23)10-16(25)24-9-6-15-17(21-12-20-15)18(24)13-4-3-7-19-11-13/h3-5,7-8,11-12,18H,2,6,9-10H2,1H3,(H,20,21). The molecule has 0 radical (unpaired) electrons. The normalized spacial score (nSPS) is 16.7. The van der Waals surface area contributed by atoms with Crippen molar-refractivity contribution in [3.8, 4) is 0 Å². The van der Waals surface area contributed by atoms with E-state index in [0.29, 0.717) is 13.0 Å². The van der Waals surface area contributed by atoms with Crippen molar-refractivity contribution in [2.75, 3.05) is 6.54 Å². The molecule has 1 aliphatic rings. The van der Waals surface area contributed by atoms with Crippen molar-refractivity contribution in [1.29, 1.82) is 0 Å². The number of rotatable bonds is 4. The molecule has 128 valence electrons. The number of aryl methyl sites for hydroxylation is 1. The Balaban J connectivity index is 1.64. The molecular formula is C18H20N6O. The molecule has 3 aromatic heterocycles. The fourth-order valence-electron chi connectivity index (χ4n) is 3.35. The maximum absolute atomic E-state index is 13.0. The average molecular weight is 336 g/mol. The van der Waals surface area contributed by atoms with Gasteiger partial charge in [0.05, 0.1) is 24.1 Å². The minimum atomic E-state index is -0.204. The zero-order chi connectivity index (χ0) is 17.2. The first kappa shape index (κ1) is 15.6. The predicted molar refractivity (Wildman–Crippen MR) is 91.7 cm³/mol. The first-order valence-electron chi connectivity index (χ1n) is 8.50. The second kappa shape index (κ2) is 6.51. The molecule has 0 aromatic carbocycles. The van der Waals surface area contributed by atoms with E-state index in [4.69, 9.17) is 0 Å². The molecule has 0 aliphatic carbocycles. The molecular weight excluding hydrogens is 316 g/mol. The lowest BCUT2D eigenvalue weighted by Gasteiger charge is -2.35. The van der Waals surface area contributed by atoms with Gasteiger partial charge in [-0.1, -0.05) is 6.07 Å². The molecule has 4 heterocycles. The number of imidazole rings is 1. The van der Waals surface area contributed by atoms with Gasteiger partial charge in [0.15, 0.2) is 0 Å². The number of nitrogens with one attached hydrogen (secondary N) is 1. The highest BCUT2D eigenvalue weighted by molar-refractivity contribution is 5.79. The van der Waals surface area contributed by atoms with Crippen molar-refractivity contribution in [3.63, 3.8) is 0 Å². The fraction of sp³-hybridized carbons (Fsp3) is 0.333. The highest BCUT2D eigenvalue weighted by Crippen LogP contribution is 2.33. The van der Waals surface area contributed by atoms with Gasteiger partial charge in [-0.2, -0.15) is 5.10 Å². The number of fused-ring (bicyclic) bond motifs is 1. The van der Waals surface area contributed by atoms with Crippen LogP contribution in [-0.4, -0.2) is 42.1 Å². The summed E-state index contributed by atoms with van der Waals surface area (Å²) in [5, 5.41) is 4.43. The first-order valence-corrected chi connectivity index (χ1v) is 8.50. The Bertz CT molecular complexity index is 869. The van der Waals surface area contributed by atoms with E-state index in [1.165, 1.54) is 0 Å². The molecule has 0 spiro atoms. The van der Waals surface area contributed by atoms with Crippen LogP contribution in [0.4, 0.5) is 0 Å². The molecule has 1 aliphatic heterocycles. The van der Waals surface area contributed by atoms with Gasteiger partial charge in [-0.15, -0.1) is 0 Å². The van der Waals surface area contributed by atoms with Crippen LogP contribution < -0.4 is 0 Å². The number of aromatic nitrogens is 5. The second-order valence-corrected chi connectivity index (χ2v) is 6.13. The lowest BCUT2D eigenvalue weighted by Crippen LogP contribution is -2.41. The number of aromatic amines is 1. The molecule has 1 amide bonds. The summed E-state index contributed by atoms with van der Waals surface area (Å²) in [5.41, 5.74) is 3.77. The molecule has 1 atom stereocenters. The Morgan fingerprint density at radius 3 is 3.08 bits per heavy atom. The molecule has 0 bridgehead atoms. The van der Waals surface area contributed by atoms with Crippen LogP contribution in [0, 0.1) is 0 Å². The van der Waals surface area contributed by atoms with Crippen LogP contribution in [0.15, 0.2) is 43.1 Å². The Labute approximate surface area is 145 Å². The highest BCUT2D eigenvalue weighted by Gasteiger charge is 2.34. The van der Waals surface area contributed by atoms with Crippen molar-refractivity contribution < 1.29 is 4.79 Å². The van der Waals surface area contributed by atoms with Crippen LogP contribution in [-0.2, 0) is 24.2 Å². The van der Waals surface area contributed by atoms with Crippen LogP contribution in [0.1, 0.15) is 35.6 Å². The zero-order valence-electron chi connectivity index (χ0n) is 14.1. The maximum atomic E-state index is 13.0. The first-order chi connectivity index (χ1) is 12.3. The van der Waals surface area contributed by atoms with Crippen LogP contribution in [0.25, 0.3) is 0 Å². The van der Waals surface area contributed by atoms with Crippen LogP contribution in [0.5, 0.6) is 0 Å². The van der Waals surface area contributed by atoms with Crippen LogP contribution in [0.2, 0.25) is 0 Å². The number of pyridine rings is 1. The van der Waals surface area contributed by atoms with E-state index in [1.54, 1.807) is 18.7 Å². The predicted octanol–water partition coefficient (Wildman–Crippen LogP) is 1.74. The van der Waals surface area contributed by atoms with Gasteiger partial charge in [0, 0.05) is 43.8 Å². The SMILES string of the molecule is CCn1ccc(CC(=O)N2CCc3[nH]cnc3C2c2cccnc2)n1. The van der Waals surface area contributed by atoms with Crippen molar-refractivity contribution in [1.82, 2.24) is 29.6 Å². The van der Waals surface area contributed by atoms with E-state index >= 15 is 0 Å². The largest absolute Gasteiger partial charge is 0.348 e. The maximum Gasteiger partial charge on any atom is 0.229 e. The molecule has 25 heavy (non-hydrogen) atoms. The Morgan fingerprint density at radius 2 is 2.32 bits per heavy atom. The van der Waals surface area contributed by atoms with Gasteiger partial charge in [-0.05, 0) is 24.6 Å². The number of carbonyl (C=O) groups excluding carboxylic acids is 1. The third-order valence-corrected chi connectivity index (χ3v) is 4.60. The van der Waals surface area contributed by atoms with Gasteiger partial charge in [0.25, 0.3) is 0 Å². The smallest absolute Gasteiger partial charge is 0.229 e. The topological polar surface area (TPSA) is 79.7 Å². The van der Waals surface area contributed by atoms with E-state index in [2.05, 4.69) is 20.1 Å². The summed E-state index contributed by atoms with van der Waals surface area (Å²) in [4.78, 5) is 26.8. The third kappa shape index (κ3) is 2.93. The number of carbonyl (C=O) groups is 1. The Kier molecular flexibility index (Phi) is 4.05. The van der Waals surface area contributed by atoms with Gasteiger partial charge in [0.1, 0.15) is 6.04 Å². The van der Waals surface area contributed by atoms with Gasteiger partial charge >= 0.3 is 0 Å². The number of H-pyrrole nitrogens is 1. The van der Waals surface area contributed by atoms with Gasteiger partial charge in [-0.25, -0.2) is 4.98 Å². The molecule has 4 rings (SSSR count). The number of hydrogen-bond donors (Lipinski definition) is 1. The summed E-state index contributed by atoms with van der Waals surface area (Å²) < 4.78 is 1.84. The lowest BCUT2D eigenvalue weighted by molar-refractivity contribution is -0.132. The Morgan fingerprint density at radius 1 is 1.40 bits per heavy atom. The molecule has 7 nitrogen and oxygen atoms in total. The van der Waals surface area contributed by atoms with E-state index in [-0.39, 0.29) is 11.9 Å². The Hall–Kier alpha value is -2.96. The summed E-state index contributed by atoms with van der Waals surface area (Å²) >= 11 is 0. The summed E-state index contributed by atoms with van der Waals surface area (Å²) in [6.45, 7) is 3.48. The van der Waals surface area contributed by atoms with E-state index < -0.39 is 0 Å². The van der Waals surface area contributed by atoms with Gasteiger partial charge in [0.2, 0.25) is 5.91 Å². The number of nitrogens with zero attached hydrogens (tertiary/aromatic N) is 5. The van der Waals surface area contributed by atoms with E-state index in [9.17, 15) is 4.79 Å². The molecule has 7 heteroatoms. The number of amides is 1. The van der Waals surface area contributed by atoms with E-state index in [0.717, 1.165) is 35.6 Å². The van der Waals surface area contributed by atoms with Crippen molar-refractivity contribution in [2.45, 2.75) is 32.4 Å². The monoisotopic (exact) mass is 336 g/mol. The molecule has 0 saturated heterocycles. The second-order valence-electron chi connectivity index (χ2n) is 6.13. The minimum absolute atomic E-state index is 0.0591.